The van der Waals surface area contributed by atoms with Gasteiger partial charge in [0, 0.05) is 6.42 Å². The van der Waals surface area contributed by atoms with E-state index < -0.39 is 5.97 Å². The second-order valence-corrected chi connectivity index (χ2v) is 6.29. The number of carboxylic acids is 1. The normalized spacial score (nSPS) is 11.9. The molecule has 1 atom stereocenters. The maximum atomic E-state index is 12.3. The van der Waals surface area contributed by atoms with Crippen molar-refractivity contribution < 1.29 is 19.8 Å². The number of carbonyl (C=O) groups excluding carboxylic acids is 1. The van der Waals surface area contributed by atoms with Gasteiger partial charge in [-0.15, -0.1) is 0 Å². The van der Waals surface area contributed by atoms with Gasteiger partial charge in [0.1, 0.15) is 5.75 Å². The maximum Gasteiger partial charge on any atom is 0.337 e. The molecule has 0 saturated heterocycles. The summed E-state index contributed by atoms with van der Waals surface area (Å²) >= 11 is 0. The van der Waals surface area contributed by atoms with E-state index in [1.165, 1.54) is 6.07 Å². The van der Waals surface area contributed by atoms with Gasteiger partial charge in [0.2, 0.25) is 5.91 Å². The third kappa shape index (κ3) is 3.83. The van der Waals surface area contributed by atoms with Crippen LogP contribution >= 0.6 is 0 Å². The highest BCUT2D eigenvalue weighted by atomic mass is 16.4. The highest BCUT2D eigenvalue weighted by Gasteiger charge is 2.15. The number of phenolic OH excluding ortho intramolecular Hbond substituents is 1. The zero-order chi connectivity index (χ0) is 18.7. The van der Waals surface area contributed by atoms with E-state index in [0.29, 0.717) is 5.69 Å². The summed E-state index contributed by atoms with van der Waals surface area (Å²) in [6.45, 7) is 1.95. The summed E-state index contributed by atoms with van der Waals surface area (Å²) in [4.78, 5) is 23.6. The average molecular weight is 349 g/mol. The summed E-state index contributed by atoms with van der Waals surface area (Å²) < 4.78 is 0. The molecule has 0 fully saturated rings. The number of carboxylic acid groups (broad SMARTS) is 1. The van der Waals surface area contributed by atoms with Crippen LogP contribution < -0.4 is 5.32 Å². The fourth-order valence-corrected chi connectivity index (χ4v) is 2.93. The molecule has 3 aromatic rings. The number of anilines is 1. The van der Waals surface area contributed by atoms with Crippen molar-refractivity contribution in [2.24, 2.45) is 0 Å². The quantitative estimate of drug-likeness (QED) is 0.638. The summed E-state index contributed by atoms with van der Waals surface area (Å²) in [6.07, 6.45) is 0.234. The third-order valence-corrected chi connectivity index (χ3v) is 4.34. The molecule has 5 nitrogen and oxygen atoms in total. The molecular formula is C21H19NO4. The van der Waals surface area contributed by atoms with Gasteiger partial charge in [-0.1, -0.05) is 43.3 Å². The predicted octanol–water partition coefficient (Wildman–Crippen LogP) is 4.38. The zero-order valence-electron chi connectivity index (χ0n) is 14.3. The molecule has 1 amide bonds. The summed E-state index contributed by atoms with van der Waals surface area (Å²) in [7, 11) is 0. The van der Waals surface area contributed by atoms with Crippen molar-refractivity contribution in [3.05, 3.63) is 71.8 Å². The Morgan fingerprint density at radius 1 is 1.00 bits per heavy atom. The van der Waals surface area contributed by atoms with Crippen molar-refractivity contribution in [1.82, 2.24) is 0 Å². The molecule has 3 aromatic carbocycles. The molecule has 3 N–H and O–H groups in total. The maximum absolute atomic E-state index is 12.3. The Morgan fingerprint density at radius 3 is 2.46 bits per heavy atom. The van der Waals surface area contributed by atoms with Crippen LogP contribution in [-0.4, -0.2) is 22.1 Å². The SMILES string of the molecule is CC(CC(=O)Nc1ccccc1C(=O)O)c1ccc2cc(O)ccc2c1. The van der Waals surface area contributed by atoms with Gasteiger partial charge in [0.05, 0.1) is 11.3 Å². The van der Waals surface area contributed by atoms with Gasteiger partial charge in [0.15, 0.2) is 0 Å². The minimum atomic E-state index is -1.08. The van der Waals surface area contributed by atoms with E-state index in [4.69, 9.17) is 0 Å². The lowest BCUT2D eigenvalue weighted by molar-refractivity contribution is -0.116. The second-order valence-electron chi connectivity index (χ2n) is 6.29. The lowest BCUT2D eigenvalue weighted by atomic mass is 9.95. The largest absolute Gasteiger partial charge is 0.508 e. The second kappa shape index (κ2) is 7.27. The Balaban J connectivity index is 1.73. The van der Waals surface area contributed by atoms with E-state index in [0.717, 1.165) is 16.3 Å². The number of aromatic hydroxyl groups is 1. The average Bonchev–Trinajstić information content (AvgIpc) is 2.61. The molecule has 0 aromatic heterocycles. The number of benzene rings is 3. The number of phenols is 1. The van der Waals surface area contributed by atoms with Crippen LogP contribution in [0.4, 0.5) is 5.69 Å². The lowest BCUT2D eigenvalue weighted by Crippen LogP contribution is -2.16. The molecule has 3 rings (SSSR count). The van der Waals surface area contributed by atoms with Gasteiger partial charge < -0.3 is 15.5 Å². The van der Waals surface area contributed by atoms with Crippen LogP contribution in [0.2, 0.25) is 0 Å². The van der Waals surface area contributed by atoms with E-state index >= 15 is 0 Å². The summed E-state index contributed by atoms with van der Waals surface area (Å²) in [5.41, 5.74) is 1.37. The van der Waals surface area contributed by atoms with Crippen LogP contribution in [-0.2, 0) is 4.79 Å². The third-order valence-electron chi connectivity index (χ3n) is 4.34. The Morgan fingerprint density at radius 2 is 1.69 bits per heavy atom. The Kier molecular flexibility index (Phi) is 4.89. The first kappa shape index (κ1) is 17.5. The van der Waals surface area contributed by atoms with Crippen LogP contribution in [0.3, 0.4) is 0 Å². The molecule has 0 aliphatic heterocycles. The summed E-state index contributed by atoms with van der Waals surface area (Å²) in [6, 6.07) is 17.4. The minimum absolute atomic E-state index is 0.0369. The van der Waals surface area contributed by atoms with E-state index in [2.05, 4.69) is 5.32 Å². The first-order valence-electron chi connectivity index (χ1n) is 8.29. The Bertz CT molecular complexity index is 981. The monoisotopic (exact) mass is 349 g/mol. The van der Waals surface area contributed by atoms with Crippen molar-refractivity contribution in [1.29, 1.82) is 0 Å². The van der Waals surface area contributed by atoms with E-state index in [9.17, 15) is 19.8 Å². The topological polar surface area (TPSA) is 86.6 Å². The van der Waals surface area contributed by atoms with E-state index in [1.54, 1.807) is 30.3 Å². The molecule has 0 saturated carbocycles. The molecule has 0 spiro atoms. The van der Waals surface area contributed by atoms with Crippen LogP contribution in [0, 0.1) is 0 Å². The van der Waals surface area contributed by atoms with Crippen molar-refractivity contribution in [2.75, 3.05) is 5.32 Å². The molecule has 5 heteroatoms. The van der Waals surface area contributed by atoms with Crippen LogP contribution in [0.1, 0.15) is 35.2 Å². The molecule has 26 heavy (non-hydrogen) atoms. The highest BCUT2D eigenvalue weighted by molar-refractivity contribution is 6.00. The van der Waals surface area contributed by atoms with Crippen LogP contribution in [0.25, 0.3) is 10.8 Å². The van der Waals surface area contributed by atoms with Crippen molar-refractivity contribution in [3.8, 4) is 5.75 Å². The number of para-hydroxylation sites is 1. The summed E-state index contributed by atoms with van der Waals surface area (Å²) in [5.74, 6) is -1.14. The zero-order valence-corrected chi connectivity index (χ0v) is 14.3. The molecule has 0 aliphatic rings. The molecular weight excluding hydrogens is 330 g/mol. The first-order valence-corrected chi connectivity index (χ1v) is 8.29. The van der Waals surface area contributed by atoms with Gasteiger partial charge in [-0.2, -0.15) is 0 Å². The fourth-order valence-electron chi connectivity index (χ4n) is 2.93. The number of hydrogen-bond acceptors (Lipinski definition) is 3. The van der Waals surface area contributed by atoms with E-state index in [1.807, 2.05) is 31.2 Å². The van der Waals surface area contributed by atoms with Crippen LogP contribution in [0.15, 0.2) is 60.7 Å². The van der Waals surface area contributed by atoms with Gasteiger partial charge >= 0.3 is 5.97 Å². The fraction of sp³-hybridized carbons (Fsp3) is 0.143. The summed E-state index contributed by atoms with van der Waals surface area (Å²) in [5, 5.41) is 23.3. The van der Waals surface area contributed by atoms with Gasteiger partial charge in [0.25, 0.3) is 0 Å². The van der Waals surface area contributed by atoms with Crippen LogP contribution in [0.5, 0.6) is 5.75 Å². The number of hydrogen-bond donors (Lipinski definition) is 3. The number of nitrogens with one attached hydrogen (secondary N) is 1. The predicted molar refractivity (Wildman–Crippen MR) is 101 cm³/mol. The van der Waals surface area contributed by atoms with E-state index in [-0.39, 0.29) is 29.6 Å². The molecule has 0 heterocycles. The highest BCUT2D eigenvalue weighted by Crippen LogP contribution is 2.26. The van der Waals surface area contributed by atoms with Gasteiger partial charge in [-0.25, -0.2) is 4.79 Å². The number of aromatic carboxylic acids is 1. The van der Waals surface area contributed by atoms with Crippen molar-refractivity contribution >= 4 is 28.3 Å². The number of carbonyl (C=O) groups is 2. The minimum Gasteiger partial charge on any atom is -0.508 e. The number of fused-ring (bicyclic) bond motifs is 1. The molecule has 0 aliphatic carbocycles. The van der Waals surface area contributed by atoms with Crippen molar-refractivity contribution in [3.63, 3.8) is 0 Å². The number of rotatable bonds is 5. The van der Waals surface area contributed by atoms with Crippen molar-refractivity contribution in [2.45, 2.75) is 19.3 Å². The Hall–Kier alpha value is -3.34. The smallest absolute Gasteiger partial charge is 0.337 e. The lowest BCUT2D eigenvalue weighted by Gasteiger charge is -2.14. The van der Waals surface area contributed by atoms with Gasteiger partial charge in [-0.3, -0.25) is 4.79 Å². The standard InChI is InChI=1S/C21H19NO4/c1-13(14-6-7-16-12-17(23)9-8-15(16)11-14)10-20(24)22-19-5-3-2-4-18(19)21(25)26/h2-9,11-13,23H,10H2,1H3,(H,22,24)(H,25,26). The molecule has 132 valence electrons. The molecule has 0 radical (unpaired) electrons. The number of amides is 1. The molecule has 0 bridgehead atoms. The Labute approximate surface area is 150 Å². The first-order chi connectivity index (χ1) is 12.4. The molecule has 1 unspecified atom stereocenters. The van der Waals surface area contributed by atoms with Gasteiger partial charge in [-0.05, 0) is 46.5 Å².